The zero-order valence-electron chi connectivity index (χ0n) is 8.96. The summed E-state index contributed by atoms with van der Waals surface area (Å²) < 4.78 is 2.91. The molecular weight excluding hydrogens is 236 g/mol. The van der Waals surface area contributed by atoms with E-state index < -0.39 is 0 Å². The first-order chi connectivity index (χ1) is 7.81. The molecule has 0 atom stereocenters. The molecule has 0 saturated heterocycles. The Balaban J connectivity index is 2.22. The molecule has 0 spiro atoms. The van der Waals surface area contributed by atoms with E-state index in [1.165, 1.54) is 5.56 Å². The first kappa shape index (κ1) is 11.4. The average molecular weight is 248 g/mol. The molecule has 0 radical (unpaired) electrons. The molecular formula is C12H12N2S2. The van der Waals surface area contributed by atoms with Gasteiger partial charge in [0.05, 0.1) is 0 Å². The SMILES string of the molecule is CSC(=S)c1nccn1Cc1ccccc1. The van der Waals surface area contributed by atoms with Crippen molar-refractivity contribution >= 4 is 28.2 Å². The van der Waals surface area contributed by atoms with E-state index in [9.17, 15) is 0 Å². The molecule has 82 valence electrons. The van der Waals surface area contributed by atoms with Crippen LogP contribution in [0.2, 0.25) is 0 Å². The van der Waals surface area contributed by atoms with E-state index in [2.05, 4.69) is 21.7 Å². The van der Waals surface area contributed by atoms with Crippen molar-refractivity contribution in [3.63, 3.8) is 0 Å². The Labute approximate surface area is 105 Å². The molecule has 0 aliphatic rings. The molecule has 0 aliphatic carbocycles. The molecule has 2 nitrogen and oxygen atoms in total. The van der Waals surface area contributed by atoms with Crippen molar-refractivity contribution in [1.82, 2.24) is 9.55 Å². The minimum atomic E-state index is 0.816. The van der Waals surface area contributed by atoms with E-state index in [0.29, 0.717) is 0 Å². The number of aromatic nitrogens is 2. The van der Waals surface area contributed by atoms with E-state index in [4.69, 9.17) is 12.2 Å². The van der Waals surface area contributed by atoms with Crippen molar-refractivity contribution < 1.29 is 0 Å². The maximum Gasteiger partial charge on any atom is 0.157 e. The first-order valence-corrected chi connectivity index (χ1v) is 6.58. The molecule has 0 fully saturated rings. The van der Waals surface area contributed by atoms with Crippen LogP contribution in [0.1, 0.15) is 11.4 Å². The maximum absolute atomic E-state index is 5.26. The van der Waals surface area contributed by atoms with Gasteiger partial charge in [-0.3, -0.25) is 0 Å². The molecule has 1 heterocycles. The molecule has 0 aliphatic heterocycles. The molecule has 2 aromatic rings. The number of thiocarbonyl (C=S) groups is 1. The Bertz CT molecular complexity index is 477. The van der Waals surface area contributed by atoms with Crippen LogP contribution in [0.4, 0.5) is 0 Å². The predicted octanol–water partition coefficient (Wildman–Crippen LogP) is 2.97. The highest BCUT2D eigenvalue weighted by Gasteiger charge is 2.07. The highest BCUT2D eigenvalue weighted by Crippen LogP contribution is 2.11. The quantitative estimate of drug-likeness (QED) is 0.778. The smallest absolute Gasteiger partial charge is 0.157 e. The highest BCUT2D eigenvalue weighted by atomic mass is 32.2. The number of hydrogen-bond donors (Lipinski definition) is 0. The van der Waals surface area contributed by atoms with Crippen molar-refractivity contribution in [2.45, 2.75) is 6.54 Å². The van der Waals surface area contributed by atoms with Crippen molar-refractivity contribution in [1.29, 1.82) is 0 Å². The standard InChI is InChI=1S/C12H12N2S2/c1-16-12(15)11-13-7-8-14(11)9-10-5-3-2-4-6-10/h2-8H,9H2,1H3. The molecule has 0 unspecified atom stereocenters. The lowest BCUT2D eigenvalue weighted by Gasteiger charge is -2.07. The average Bonchev–Trinajstić information content (AvgIpc) is 2.77. The van der Waals surface area contributed by atoms with E-state index >= 15 is 0 Å². The summed E-state index contributed by atoms with van der Waals surface area (Å²) in [5.41, 5.74) is 1.26. The van der Waals surface area contributed by atoms with Crippen LogP contribution in [0.3, 0.4) is 0 Å². The highest BCUT2D eigenvalue weighted by molar-refractivity contribution is 8.23. The van der Waals surface area contributed by atoms with E-state index in [0.717, 1.165) is 16.6 Å². The molecule has 16 heavy (non-hydrogen) atoms. The largest absolute Gasteiger partial charge is 0.325 e. The van der Waals surface area contributed by atoms with Crippen LogP contribution in [0.15, 0.2) is 42.7 Å². The van der Waals surface area contributed by atoms with Gasteiger partial charge in [-0.1, -0.05) is 42.5 Å². The second-order valence-electron chi connectivity index (χ2n) is 3.36. The van der Waals surface area contributed by atoms with Gasteiger partial charge in [0.25, 0.3) is 0 Å². The molecule has 0 N–H and O–H groups in total. The van der Waals surface area contributed by atoms with E-state index in [1.807, 2.05) is 30.7 Å². The number of rotatable bonds is 3. The summed E-state index contributed by atoms with van der Waals surface area (Å²) in [5.74, 6) is 0.881. The van der Waals surface area contributed by atoms with Gasteiger partial charge < -0.3 is 4.57 Å². The monoisotopic (exact) mass is 248 g/mol. The number of benzene rings is 1. The van der Waals surface area contributed by atoms with Gasteiger partial charge in [-0.05, 0) is 11.8 Å². The fourth-order valence-corrected chi connectivity index (χ4v) is 2.02. The Kier molecular flexibility index (Phi) is 3.74. The van der Waals surface area contributed by atoms with E-state index in [1.54, 1.807) is 18.0 Å². The lowest BCUT2D eigenvalue weighted by molar-refractivity contribution is 0.791. The Morgan fingerprint density at radius 2 is 2.12 bits per heavy atom. The number of hydrogen-bond acceptors (Lipinski definition) is 3. The summed E-state index contributed by atoms with van der Waals surface area (Å²) in [5, 5.41) is 0. The van der Waals surface area contributed by atoms with Crippen LogP contribution in [0.25, 0.3) is 0 Å². The van der Waals surface area contributed by atoms with Crippen LogP contribution < -0.4 is 0 Å². The lowest BCUT2D eigenvalue weighted by atomic mass is 10.2. The van der Waals surface area contributed by atoms with Gasteiger partial charge >= 0.3 is 0 Å². The third kappa shape index (κ3) is 2.51. The minimum Gasteiger partial charge on any atom is -0.325 e. The van der Waals surface area contributed by atoms with Crippen molar-refractivity contribution in [2.24, 2.45) is 0 Å². The second-order valence-corrected chi connectivity index (χ2v) is 4.84. The van der Waals surface area contributed by atoms with Gasteiger partial charge in [-0.25, -0.2) is 4.98 Å². The molecule has 1 aromatic carbocycles. The van der Waals surface area contributed by atoms with Crippen molar-refractivity contribution in [3.8, 4) is 0 Å². The third-order valence-electron chi connectivity index (χ3n) is 2.28. The Hall–Kier alpha value is -1.13. The van der Waals surface area contributed by atoms with Gasteiger partial charge in [0.15, 0.2) is 5.82 Å². The van der Waals surface area contributed by atoms with Crippen LogP contribution >= 0.6 is 24.0 Å². The zero-order valence-corrected chi connectivity index (χ0v) is 10.6. The van der Waals surface area contributed by atoms with Gasteiger partial charge in [-0.15, -0.1) is 11.8 Å². The predicted molar refractivity (Wildman–Crippen MR) is 73.0 cm³/mol. The van der Waals surface area contributed by atoms with Gasteiger partial charge in [0, 0.05) is 18.9 Å². The summed E-state index contributed by atoms with van der Waals surface area (Å²) in [6, 6.07) is 10.3. The van der Waals surface area contributed by atoms with Gasteiger partial charge in [0.1, 0.15) is 4.20 Å². The summed E-state index contributed by atoms with van der Waals surface area (Å²) in [6.45, 7) is 0.816. The topological polar surface area (TPSA) is 17.8 Å². The summed E-state index contributed by atoms with van der Waals surface area (Å²) >= 11 is 6.81. The van der Waals surface area contributed by atoms with Crippen LogP contribution in [0.5, 0.6) is 0 Å². The molecule has 2 rings (SSSR count). The van der Waals surface area contributed by atoms with Gasteiger partial charge in [-0.2, -0.15) is 0 Å². The fourth-order valence-electron chi connectivity index (χ4n) is 1.50. The Morgan fingerprint density at radius 3 is 2.81 bits per heavy atom. The normalized spacial score (nSPS) is 10.3. The molecule has 0 bridgehead atoms. The Morgan fingerprint density at radius 1 is 1.38 bits per heavy atom. The van der Waals surface area contributed by atoms with Crippen LogP contribution in [0, 0.1) is 0 Å². The molecule has 4 heteroatoms. The van der Waals surface area contributed by atoms with Crippen LogP contribution in [-0.2, 0) is 6.54 Å². The lowest BCUT2D eigenvalue weighted by Crippen LogP contribution is -2.07. The number of thioether (sulfide) groups is 1. The molecule has 0 amide bonds. The fraction of sp³-hybridized carbons (Fsp3) is 0.167. The number of imidazole rings is 1. The molecule has 1 aromatic heterocycles. The molecule has 0 saturated carbocycles. The minimum absolute atomic E-state index is 0.816. The number of nitrogens with zero attached hydrogens (tertiary/aromatic N) is 2. The maximum atomic E-state index is 5.26. The van der Waals surface area contributed by atoms with E-state index in [-0.39, 0.29) is 0 Å². The van der Waals surface area contributed by atoms with Crippen molar-refractivity contribution in [2.75, 3.05) is 6.26 Å². The summed E-state index contributed by atoms with van der Waals surface area (Å²) in [7, 11) is 0. The van der Waals surface area contributed by atoms with Gasteiger partial charge in [0.2, 0.25) is 0 Å². The second kappa shape index (κ2) is 5.27. The van der Waals surface area contributed by atoms with Crippen LogP contribution in [-0.4, -0.2) is 20.0 Å². The first-order valence-electron chi connectivity index (χ1n) is 4.94. The zero-order chi connectivity index (χ0) is 11.4. The summed E-state index contributed by atoms with van der Waals surface area (Å²) in [4.78, 5) is 4.28. The van der Waals surface area contributed by atoms with Crippen molar-refractivity contribution in [3.05, 3.63) is 54.1 Å². The summed E-state index contributed by atoms with van der Waals surface area (Å²) in [6.07, 6.45) is 5.73. The third-order valence-corrected chi connectivity index (χ3v) is 3.52.